The van der Waals surface area contributed by atoms with Crippen LogP contribution in [-0.4, -0.2) is 42.7 Å². The number of rotatable bonds is 7. The Hall–Kier alpha value is -4.01. The average molecular weight is 397 g/mol. The lowest BCUT2D eigenvalue weighted by Gasteiger charge is -2.07. The third-order valence-electron chi connectivity index (χ3n) is 3.96. The maximum atomic E-state index is 12.0. The number of hydrogen-bond donors (Lipinski definition) is 3. The molecule has 3 aromatic rings. The first-order chi connectivity index (χ1) is 14.0. The molecule has 0 aliphatic carbocycles. The Morgan fingerprint density at radius 2 is 1.76 bits per heavy atom. The summed E-state index contributed by atoms with van der Waals surface area (Å²) in [5.41, 5.74) is 2.02. The summed E-state index contributed by atoms with van der Waals surface area (Å²) < 4.78 is 15.3. The SMILES string of the molecule is COc1ccc(/C=C/C(=O)OCC(=O)Nc2ccc3[nH]c(=O)[nH]c3c2)cc1OC. The molecule has 1 aromatic heterocycles. The van der Waals surface area contributed by atoms with Gasteiger partial charge in [0.1, 0.15) is 0 Å². The van der Waals surface area contributed by atoms with E-state index in [1.807, 2.05) is 0 Å². The fourth-order valence-electron chi connectivity index (χ4n) is 2.61. The summed E-state index contributed by atoms with van der Waals surface area (Å²) in [7, 11) is 3.05. The van der Waals surface area contributed by atoms with Crippen LogP contribution in [0.2, 0.25) is 0 Å². The molecule has 1 heterocycles. The van der Waals surface area contributed by atoms with Crippen LogP contribution in [0.15, 0.2) is 47.3 Å². The van der Waals surface area contributed by atoms with Crippen molar-refractivity contribution in [2.45, 2.75) is 0 Å². The van der Waals surface area contributed by atoms with Crippen molar-refractivity contribution in [1.82, 2.24) is 9.97 Å². The largest absolute Gasteiger partial charge is 0.493 e. The molecular formula is C20H19N3O6. The van der Waals surface area contributed by atoms with Gasteiger partial charge >= 0.3 is 11.7 Å². The van der Waals surface area contributed by atoms with E-state index in [4.69, 9.17) is 14.2 Å². The van der Waals surface area contributed by atoms with Gasteiger partial charge in [0.2, 0.25) is 0 Å². The number of methoxy groups -OCH3 is 2. The molecule has 1 amide bonds. The van der Waals surface area contributed by atoms with Crippen molar-refractivity contribution in [3.63, 3.8) is 0 Å². The van der Waals surface area contributed by atoms with E-state index in [-0.39, 0.29) is 5.69 Å². The Bertz CT molecular complexity index is 1130. The van der Waals surface area contributed by atoms with Crippen molar-refractivity contribution in [3.05, 3.63) is 58.5 Å². The first kappa shape index (κ1) is 19.7. The highest BCUT2D eigenvalue weighted by Crippen LogP contribution is 2.27. The second kappa shape index (κ2) is 8.79. The van der Waals surface area contributed by atoms with Crippen LogP contribution in [0.5, 0.6) is 11.5 Å². The van der Waals surface area contributed by atoms with Gasteiger partial charge in [-0.1, -0.05) is 6.07 Å². The van der Waals surface area contributed by atoms with Gasteiger partial charge in [-0.3, -0.25) is 4.79 Å². The molecule has 0 bridgehead atoms. The fraction of sp³-hybridized carbons (Fsp3) is 0.150. The number of carbonyl (C=O) groups excluding carboxylic acids is 2. The maximum Gasteiger partial charge on any atom is 0.331 e. The molecule has 0 saturated heterocycles. The Morgan fingerprint density at radius 3 is 2.52 bits per heavy atom. The number of hydrogen-bond acceptors (Lipinski definition) is 6. The van der Waals surface area contributed by atoms with E-state index in [9.17, 15) is 14.4 Å². The van der Waals surface area contributed by atoms with Crippen LogP contribution in [0.25, 0.3) is 17.1 Å². The summed E-state index contributed by atoms with van der Waals surface area (Å²) in [5, 5.41) is 2.59. The Morgan fingerprint density at radius 1 is 1.00 bits per heavy atom. The summed E-state index contributed by atoms with van der Waals surface area (Å²) in [4.78, 5) is 40.3. The van der Waals surface area contributed by atoms with E-state index in [1.165, 1.54) is 20.3 Å². The molecule has 0 saturated carbocycles. The fourth-order valence-corrected chi connectivity index (χ4v) is 2.61. The Labute approximate surface area is 165 Å². The van der Waals surface area contributed by atoms with Crippen molar-refractivity contribution < 1.29 is 23.8 Å². The molecule has 2 aromatic carbocycles. The van der Waals surface area contributed by atoms with Crippen LogP contribution in [0.4, 0.5) is 5.69 Å². The van der Waals surface area contributed by atoms with E-state index >= 15 is 0 Å². The van der Waals surface area contributed by atoms with E-state index < -0.39 is 18.5 Å². The van der Waals surface area contributed by atoms with Crippen LogP contribution >= 0.6 is 0 Å². The van der Waals surface area contributed by atoms with Crippen molar-refractivity contribution in [2.24, 2.45) is 0 Å². The van der Waals surface area contributed by atoms with Crippen LogP contribution < -0.4 is 20.5 Å². The van der Waals surface area contributed by atoms with Crippen LogP contribution in [0.1, 0.15) is 5.56 Å². The van der Waals surface area contributed by atoms with Gasteiger partial charge in [0.25, 0.3) is 5.91 Å². The number of anilines is 1. The van der Waals surface area contributed by atoms with E-state index in [1.54, 1.807) is 42.5 Å². The lowest BCUT2D eigenvalue weighted by Crippen LogP contribution is -2.20. The molecular weight excluding hydrogens is 378 g/mol. The highest BCUT2D eigenvalue weighted by molar-refractivity contribution is 5.96. The van der Waals surface area contributed by atoms with Crippen LogP contribution in [0.3, 0.4) is 0 Å². The number of benzene rings is 2. The average Bonchev–Trinajstić information content (AvgIpc) is 3.09. The highest BCUT2D eigenvalue weighted by atomic mass is 16.5. The standard InChI is InChI=1S/C20H19N3O6/c1-27-16-7-3-12(9-17(16)28-2)4-8-19(25)29-11-18(24)21-13-5-6-14-15(10-13)23-20(26)22-14/h3-10H,11H2,1-2H3,(H,21,24)(H2,22,23,26)/b8-4+. The number of fused-ring (bicyclic) bond motifs is 1. The molecule has 0 radical (unpaired) electrons. The van der Waals surface area contributed by atoms with E-state index in [0.29, 0.717) is 33.8 Å². The van der Waals surface area contributed by atoms with Crippen molar-refractivity contribution in [2.75, 3.05) is 26.1 Å². The molecule has 0 atom stereocenters. The summed E-state index contributed by atoms with van der Waals surface area (Å²) >= 11 is 0. The van der Waals surface area contributed by atoms with Crippen LogP contribution in [0, 0.1) is 0 Å². The van der Waals surface area contributed by atoms with Crippen molar-refractivity contribution in [3.8, 4) is 11.5 Å². The number of amides is 1. The molecule has 0 spiro atoms. The molecule has 9 nitrogen and oxygen atoms in total. The minimum absolute atomic E-state index is 0.335. The van der Waals surface area contributed by atoms with Gasteiger partial charge in [-0.25, -0.2) is 9.59 Å². The molecule has 0 fully saturated rings. The zero-order chi connectivity index (χ0) is 20.8. The first-order valence-corrected chi connectivity index (χ1v) is 8.57. The van der Waals surface area contributed by atoms with Gasteiger partial charge in [0.05, 0.1) is 25.3 Å². The molecule has 0 unspecified atom stereocenters. The summed E-state index contributed by atoms with van der Waals surface area (Å²) in [5.74, 6) is -0.0654. The monoisotopic (exact) mass is 397 g/mol. The van der Waals surface area contributed by atoms with Crippen molar-refractivity contribution >= 4 is 34.7 Å². The second-order valence-electron chi connectivity index (χ2n) is 5.94. The maximum absolute atomic E-state index is 12.0. The Balaban J connectivity index is 1.53. The number of aromatic amines is 2. The zero-order valence-corrected chi connectivity index (χ0v) is 15.8. The molecule has 3 rings (SSSR count). The molecule has 9 heteroatoms. The minimum atomic E-state index is -0.666. The number of ether oxygens (including phenoxy) is 3. The third-order valence-corrected chi connectivity index (χ3v) is 3.96. The minimum Gasteiger partial charge on any atom is -0.493 e. The molecule has 150 valence electrons. The van der Waals surface area contributed by atoms with E-state index in [2.05, 4.69) is 15.3 Å². The predicted octanol–water partition coefficient (Wildman–Crippen LogP) is 2.07. The van der Waals surface area contributed by atoms with Gasteiger partial charge in [-0.15, -0.1) is 0 Å². The summed E-state index contributed by atoms with van der Waals surface area (Å²) in [6, 6.07) is 10.1. The lowest BCUT2D eigenvalue weighted by molar-refractivity contribution is -0.142. The zero-order valence-electron chi connectivity index (χ0n) is 15.8. The summed E-state index contributed by atoms with van der Waals surface area (Å²) in [6.07, 6.45) is 2.75. The molecule has 29 heavy (non-hydrogen) atoms. The van der Waals surface area contributed by atoms with Crippen molar-refractivity contribution in [1.29, 1.82) is 0 Å². The Kier molecular flexibility index (Phi) is 5.98. The number of H-pyrrole nitrogens is 2. The van der Waals surface area contributed by atoms with Crippen LogP contribution in [-0.2, 0) is 14.3 Å². The molecule has 3 N–H and O–H groups in total. The van der Waals surface area contributed by atoms with Gasteiger partial charge in [0, 0.05) is 11.8 Å². The number of imidazole rings is 1. The van der Waals surface area contributed by atoms with Gasteiger partial charge in [-0.05, 0) is 42.0 Å². The van der Waals surface area contributed by atoms with Gasteiger partial charge in [0.15, 0.2) is 18.1 Å². The first-order valence-electron chi connectivity index (χ1n) is 8.57. The highest BCUT2D eigenvalue weighted by Gasteiger charge is 2.08. The predicted molar refractivity (Wildman–Crippen MR) is 107 cm³/mol. The molecule has 0 aliphatic heterocycles. The van der Waals surface area contributed by atoms with Gasteiger partial charge < -0.3 is 29.5 Å². The van der Waals surface area contributed by atoms with E-state index in [0.717, 1.165) is 0 Å². The topological polar surface area (TPSA) is 123 Å². The molecule has 0 aliphatic rings. The number of esters is 1. The normalized spacial score (nSPS) is 10.8. The lowest BCUT2D eigenvalue weighted by atomic mass is 10.2. The smallest absolute Gasteiger partial charge is 0.331 e. The number of carbonyl (C=O) groups is 2. The quantitative estimate of drug-likeness (QED) is 0.414. The summed E-state index contributed by atoms with van der Waals surface area (Å²) in [6.45, 7) is -0.448. The second-order valence-corrected chi connectivity index (χ2v) is 5.94. The van der Waals surface area contributed by atoms with Gasteiger partial charge in [-0.2, -0.15) is 0 Å². The number of nitrogens with one attached hydrogen (secondary N) is 3. The number of aromatic nitrogens is 2. The third kappa shape index (κ3) is 5.04.